The SMILES string of the molecule is CC[C@H]1C[C@@H](C(=O)NCCNC(=O)CCC(C)(C)OCCC(C)(C)C(=O)NCCNC(=O)[C@H]2CC[C@H](O[C@@H]3O[C@@H](C)[C@@H](O)C[C@@H]3O)[C@@H](CC)C2)C[C@@H](O[C@@H]2O[C@H](CO)[C@H](O)C[C@H]2NC(C)=O)[C@@H]1O[C@@H]1O[C@@H](C)C[C@@H](O)[C@@H]1O. The van der Waals surface area contributed by atoms with E-state index in [1.807, 2.05) is 41.5 Å². The molecule has 444 valence electrons. The minimum atomic E-state index is -1.34. The molecule has 2 aliphatic carbocycles. The highest BCUT2D eigenvalue weighted by Crippen LogP contribution is 2.40. The molecule has 23 nitrogen and oxygen atoms in total. The minimum Gasteiger partial charge on any atom is -0.394 e. The summed E-state index contributed by atoms with van der Waals surface area (Å²) in [6.45, 7) is 16.8. The van der Waals surface area contributed by atoms with Crippen molar-refractivity contribution in [2.75, 3.05) is 39.4 Å². The predicted octanol–water partition coefficient (Wildman–Crippen LogP) is 0.547. The van der Waals surface area contributed by atoms with E-state index in [-0.39, 0.29) is 118 Å². The Morgan fingerprint density at radius 1 is 0.623 bits per heavy atom. The Labute approximate surface area is 454 Å². The molecular weight excluding hydrogens is 1010 g/mol. The van der Waals surface area contributed by atoms with Crippen molar-refractivity contribution in [3.63, 3.8) is 0 Å². The maximum Gasteiger partial charge on any atom is 0.225 e. The van der Waals surface area contributed by atoms with Crippen molar-refractivity contribution < 1.29 is 87.8 Å². The molecule has 3 heterocycles. The van der Waals surface area contributed by atoms with Gasteiger partial charge >= 0.3 is 0 Å². The molecule has 3 aliphatic heterocycles. The number of amides is 5. The maximum atomic E-state index is 13.8. The van der Waals surface area contributed by atoms with Gasteiger partial charge in [0.15, 0.2) is 18.9 Å². The largest absolute Gasteiger partial charge is 0.394 e. The first-order chi connectivity index (χ1) is 36.3. The quantitative estimate of drug-likeness (QED) is 0.0527. The van der Waals surface area contributed by atoms with Crippen molar-refractivity contribution >= 4 is 29.5 Å². The van der Waals surface area contributed by atoms with Crippen LogP contribution in [-0.4, -0.2) is 197 Å². The average molecular weight is 1100 g/mol. The lowest BCUT2D eigenvalue weighted by Gasteiger charge is -2.47. The number of hydrogen-bond donors (Lipinski definition) is 11. The van der Waals surface area contributed by atoms with E-state index in [1.54, 1.807) is 13.8 Å². The van der Waals surface area contributed by atoms with Gasteiger partial charge in [-0.2, -0.15) is 0 Å². The summed E-state index contributed by atoms with van der Waals surface area (Å²) in [5.74, 6) is -2.10. The lowest BCUT2D eigenvalue weighted by molar-refractivity contribution is -0.319. The monoisotopic (exact) mass is 1100 g/mol. The first-order valence-electron chi connectivity index (χ1n) is 28.3. The summed E-state index contributed by atoms with van der Waals surface area (Å²) >= 11 is 0. The van der Waals surface area contributed by atoms with Crippen LogP contribution < -0.4 is 26.6 Å². The molecule has 23 heteroatoms. The molecule has 0 aromatic carbocycles. The number of rotatable bonds is 26. The zero-order valence-corrected chi connectivity index (χ0v) is 47.0. The van der Waals surface area contributed by atoms with Gasteiger partial charge in [0.05, 0.1) is 67.1 Å². The zero-order valence-electron chi connectivity index (χ0n) is 47.0. The van der Waals surface area contributed by atoms with Gasteiger partial charge in [0, 0.05) is 82.6 Å². The third-order valence-corrected chi connectivity index (χ3v) is 16.2. The molecule has 77 heavy (non-hydrogen) atoms. The first kappa shape index (κ1) is 64.6. The van der Waals surface area contributed by atoms with E-state index in [1.165, 1.54) is 6.92 Å². The molecule has 11 N–H and O–H groups in total. The van der Waals surface area contributed by atoms with Gasteiger partial charge in [0.1, 0.15) is 18.3 Å². The van der Waals surface area contributed by atoms with Crippen LogP contribution in [-0.2, 0) is 57.1 Å². The Hall–Kier alpha value is -3.17. The van der Waals surface area contributed by atoms with Gasteiger partial charge in [0.2, 0.25) is 29.5 Å². The normalized spacial score (nSPS) is 36.1. The molecule has 3 saturated heterocycles. The third-order valence-electron chi connectivity index (χ3n) is 16.2. The second-order valence-electron chi connectivity index (χ2n) is 23.4. The van der Waals surface area contributed by atoms with Crippen LogP contribution in [0.5, 0.6) is 0 Å². The highest BCUT2D eigenvalue weighted by atomic mass is 16.7. The number of aliphatic hydroxyl groups is 6. The number of carbonyl (C=O) groups excluding carboxylic acids is 5. The summed E-state index contributed by atoms with van der Waals surface area (Å²) < 4.78 is 42.9. The average Bonchev–Trinajstić information content (AvgIpc) is 3.37. The minimum absolute atomic E-state index is 0.0328. The van der Waals surface area contributed by atoms with E-state index in [4.69, 9.17) is 33.2 Å². The van der Waals surface area contributed by atoms with Crippen molar-refractivity contribution in [1.82, 2.24) is 26.6 Å². The van der Waals surface area contributed by atoms with E-state index >= 15 is 0 Å². The zero-order chi connectivity index (χ0) is 56.8. The van der Waals surface area contributed by atoms with Crippen LogP contribution in [0.25, 0.3) is 0 Å². The molecule has 0 bridgehead atoms. The fraction of sp³-hybridized carbons (Fsp3) is 0.907. The van der Waals surface area contributed by atoms with Gasteiger partial charge in [-0.3, -0.25) is 24.0 Å². The highest BCUT2D eigenvalue weighted by molar-refractivity contribution is 5.82. The molecule has 0 aromatic heterocycles. The first-order valence-corrected chi connectivity index (χ1v) is 28.3. The molecule has 19 atom stereocenters. The molecule has 0 aromatic rings. The molecule has 2 saturated carbocycles. The number of hydrogen-bond acceptors (Lipinski definition) is 18. The molecule has 5 aliphatic rings. The van der Waals surface area contributed by atoms with Gasteiger partial charge in [-0.1, -0.05) is 40.5 Å². The Bertz CT molecular complexity index is 1880. The fourth-order valence-electron chi connectivity index (χ4n) is 11.2. The van der Waals surface area contributed by atoms with Crippen LogP contribution in [0.4, 0.5) is 0 Å². The smallest absolute Gasteiger partial charge is 0.225 e. The van der Waals surface area contributed by atoms with Gasteiger partial charge in [0.25, 0.3) is 0 Å². The third kappa shape index (κ3) is 19.2. The highest BCUT2D eigenvalue weighted by Gasteiger charge is 2.49. The van der Waals surface area contributed by atoms with Crippen LogP contribution in [0, 0.1) is 29.1 Å². The number of ether oxygens (including phenoxy) is 7. The Kier molecular flexibility index (Phi) is 25.2. The summed E-state index contributed by atoms with van der Waals surface area (Å²) in [7, 11) is 0. The summed E-state index contributed by atoms with van der Waals surface area (Å²) in [4.78, 5) is 65.3. The second-order valence-corrected chi connectivity index (χ2v) is 23.4. The molecular formula is C54H95N5O18. The van der Waals surface area contributed by atoms with Crippen LogP contribution in [0.3, 0.4) is 0 Å². The predicted molar refractivity (Wildman–Crippen MR) is 278 cm³/mol. The van der Waals surface area contributed by atoms with Crippen molar-refractivity contribution in [1.29, 1.82) is 0 Å². The van der Waals surface area contributed by atoms with Crippen molar-refractivity contribution in [2.24, 2.45) is 29.1 Å². The van der Waals surface area contributed by atoms with Gasteiger partial charge in [-0.05, 0) is 84.5 Å². The molecule has 5 fully saturated rings. The molecule has 0 unspecified atom stereocenters. The van der Waals surface area contributed by atoms with Gasteiger partial charge in [-0.15, -0.1) is 0 Å². The Balaban J connectivity index is 1.01. The Morgan fingerprint density at radius 3 is 1.92 bits per heavy atom. The van der Waals surface area contributed by atoms with Crippen molar-refractivity contribution in [2.45, 2.75) is 243 Å². The topological polar surface area (TPSA) is 331 Å². The second kappa shape index (κ2) is 30.0. The van der Waals surface area contributed by atoms with Crippen molar-refractivity contribution in [3.05, 3.63) is 0 Å². The maximum absolute atomic E-state index is 13.8. The summed E-state index contributed by atoms with van der Waals surface area (Å²) in [6, 6.07) is -0.798. The lowest BCUT2D eigenvalue weighted by atomic mass is 9.75. The molecule has 5 rings (SSSR count). The van der Waals surface area contributed by atoms with Gasteiger partial charge in [-0.25, -0.2) is 0 Å². The van der Waals surface area contributed by atoms with Gasteiger partial charge < -0.3 is 90.4 Å². The summed E-state index contributed by atoms with van der Waals surface area (Å²) in [6.07, 6.45) is -6.76. The van der Waals surface area contributed by atoms with E-state index in [2.05, 4.69) is 26.6 Å². The van der Waals surface area contributed by atoms with Crippen molar-refractivity contribution in [3.8, 4) is 0 Å². The molecule has 0 spiro atoms. The van der Waals surface area contributed by atoms with Crippen LogP contribution >= 0.6 is 0 Å². The standard InChI is InChI=1S/C54H95N5O18/c1-10-32-23-34(12-13-41(32)74-50-40(65)27-37(62)30(4)73-50)47(68)56-19-20-58-52(70)53(6,7)16-21-71-54(8,9)15-14-44(66)55-17-18-57-48(69)35-24-33(11-2)46(77-51-45(67)39(64)22-29(3)72-51)42(25-35)75-49-36(59-31(5)61)26-38(63)43(28-60)76-49/h29-30,32-43,45-46,49-51,60,62-65,67H,10-28H2,1-9H3,(H,55,66)(H,56,68)(H,57,69)(H,58,70)(H,59,61)/t29-,30-,32-,33-,34-,35+,36+,37-,38+,39+,40-,41-,42+,43+,45-,46+,49+,50-,51-/m0/s1. The molecule has 0 radical (unpaired) electrons. The van der Waals surface area contributed by atoms with Crippen LogP contribution in [0.2, 0.25) is 0 Å². The number of aliphatic hydroxyl groups excluding tert-OH is 6. The van der Waals surface area contributed by atoms with E-state index in [0.29, 0.717) is 44.9 Å². The van der Waals surface area contributed by atoms with E-state index < -0.39 is 109 Å². The molecule has 5 amide bonds. The van der Waals surface area contributed by atoms with E-state index in [0.717, 1.165) is 6.42 Å². The van der Waals surface area contributed by atoms with E-state index in [9.17, 15) is 54.6 Å². The number of carbonyl (C=O) groups is 5. The van der Waals surface area contributed by atoms with Crippen LogP contribution in [0.1, 0.15) is 146 Å². The lowest BCUT2D eigenvalue weighted by Crippen LogP contribution is -2.59. The number of nitrogens with one attached hydrogen (secondary N) is 5. The summed E-state index contributed by atoms with van der Waals surface area (Å²) in [5, 5.41) is 76.8. The Morgan fingerprint density at radius 2 is 1.26 bits per heavy atom. The summed E-state index contributed by atoms with van der Waals surface area (Å²) in [5.41, 5.74) is -1.46. The van der Waals surface area contributed by atoms with Crippen LogP contribution in [0.15, 0.2) is 0 Å². The fourth-order valence-corrected chi connectivity index (χ4v) is 11.2.